The standard InChI is InChI=1S/C22H34N2/c1-17-5-6-18(2)24(17)16-20-13-22(14-20)21-9-7-19(8-10-21)15-23-11-3-4-12-23/h7-10,17-18,20,22H,3-6,11-16H2,1-2H3/t17-,18-,20-,22-/m1/s1. The number of nitrogens with zero attached hydrogens (tertiary/aromatic N) is 2. The van der Waals surface area contributed by atoms with Crippen molar-refractivity contribution in [2.45, 2.75) is 76.9 Å². The van der Waals surface area contributed by atoms with E-state index >= 15 is 0 Å². The SMILES string of the molecule is C[C@@H]1CC[C@@H](C)N1C[C@H]1C[C@H](c2ccc(CN3CCCC3)cc2)C1. The van der Waals surface area contributed by atoms with Gasteiger partial charge < -0.3 is 0 Å². The van der Waals surface area contributed by atoms with Crippen LogP contribution in [0.2, 0.25) is 0 Å². The Kier molecular flexibility index (Phi) is 4.96. The molecule has 3 aliphatic rings. The van der Waals surface area contributed by atoms with E-state index in [1.807, 2.05) is 0 Å². The lowest BCUT2D eigenvalue weighted by Gasteiger charge is -2.40. The summed E-state index contributed by atoms with van der Waals surface area (Å²) >= 11 is 0. The van der Waals surface area contributed by atoms with Crippen LogP contribution in [0.5, 0.6) is 0 Å². The summed E-state index contributed by atoms with van der Waals surface area (Å²) in [4.78, 5) is 5.35. The summed E-state index contributed by atoms with van der Waals surface area (Å²) in [6.07, 6.45) is 8.38. The minimum Gasteiger partial charge on any atom is -0.299 e. The molecule has 24 heavy (non-hydrogen) atoms. The molecular formula is C22H34N2. The number of hydrogen-bond donors (Lipinski definition) is 0. The largest absolute Gasteiger partial charge is 0.299 e. The van der Waals surface area contributed by atoms with Crippen molar-refractivity contribution in [3.8, 4) is 0 Å². The smallest absolute Gasteiger partial charge is 0.0233 e. The van der Waals surface area contributed by atoms with Crippen molar-refractivity contribution in [1.29, 1.82) is 0 Å². The third-order valence-electron chi connectivity index (χ3n) is 6.90. The van der Waals surface area contributed by atoms with Crippen molar-refractivity contribution in [2.75, 3.05) is 19.6 Å². The fourth-order valence-corrected chi connectivity index (χ4v) is 5.16. The molecule has 2 atom stereocenters. The molecule has 2 heteroatoms. The van der Waals surface area contributed by atoms with E-state index in [-0.39, 0.29) is 0 Å². The van der Waals surface area contributed by atoms with Crippen LogP contribution in [0.3, 0.4) is 0 Å². The van der Waals surface area contributed by atoms with Gasteiger partial charge in [-0.25, -0.2) is 0 Å². The minimum atomic E-state index is 0.809. The van der Waals surface area contributed by atoms with Gasteiger partial charge in [0.05, 0.1) is 0 Å². The highest BCUT2D eigenvalue weighted by atomic mass is 15.2. The fourth-order valence-electron chi connectivity index (χ4n) is 5.16. The van der Waals surface area contributed by atoms with Crippen molar-refractivity contribution >= 4 is 0 Å². The monoisotopic (exact) mass is 326 g/mol. The molecule has 132 valence electrons. The third-order valence-corrected chi connectivity index (χ3v) is 6.90. The van der Waals surface area contributed by atoms with Gasteiger partial charge in [-0.15, -0.1) is 0 Å². The zero-order chi connectivity index (χ0) is 16.5. The topological polar surface area (TPSA) is 6.48 Å². The molecule has 1 aliphatic carbocycles. The van der Waals surface area contributed by atoms with Crippen molar-refractivity contribution in [2.24, 2.45) is 5.92 Å². The summed E-state index contributed by atoms with van der Waals surface area (Å²) in [7, 11) is 0. The molecule has 0 amide bonds. The molecule has 2 nitrogen and oxygen atoms in total. The zero-order valence-electron chi connectivity index (χ0n) is 15.6. The van der Waals surface area contributed by atoms with Gasteiger partial charge in [0.2, 0.25) is 0 Å². The lowest BCUT2D eigenvalue weighted by Crippen LogP contribution is -2.40. The summed E-state index contributed by atoms with van der Waals surface area (Å²) in [5, 5.41) is 0. The second-order valence-electron chi connectivity index (χ2n) is 8.73. The molecular weight excluding hydrogens is 292 g/mol. The number of likely N-dealkylation sites (tertiary alicyclic amines) is 2. The van der Waals surface area contributed by atoms with E-state index in [0.717, 1.165) is 30.5 Å². The highest BCUT2D eigenvalue weighted by Crippen LogP contribution is 2.43. The van der Waals surface area contributed by atoms with Gasteiger partial charge >= 0.3 is 0 Å². The molecule has 0 bridgehead atoms. The summed E-state index contributed by atoms with van der Waals surface area (Å²) in [6, 6.07) is 11.2. The highest BCUT2D eigenvalue weighted by Gasteiger charge is 2.35. The van der Waals surface area contributed by atoms with Crippen LogP contribution in [0.4, 0.5) is 0 Å². The van der Waals surface area contributed by atoms with E-state index < -0.39 is 0 Å². The fraction of sp³-hybridized carbons (Fsp3) is 0.727. The average molecular weight is 327 g/mol. The lowest BCUT2D eigenvalue weighted by atomic mass is 9.71. The Labute approximate surface area is 148 Å². The van der Waals surface area contributed by atoms with Gasteiger partial charge in [0, 0.05) is 25.2 Å². The maximum Gasteiger partial charge on any atom is 0.0233 e. The molecule has 2 saturated heterocycles. The van der Waals surface area contributed by atoms with Crippen molar-refractivity contribution in [1.82, 2.24) is 9.80 Å². The molecule has 0 N–H and O–H groups in total. The predicted octanol–water partition coefficient (Wildman–Crippen LogP) is 4.65. The van der Waals surface area contributed by atoms with Gasteiger partial charge in [0.1, 0.15) is 0 Å². The van der Waals surface area contributed by atoms with Crippen molar-refractivity contribution < 1.29 is 0 Å². The normalized spacial score (nSPS) is 34.6. The van der Waals surface area contributed by atoms with Gasteiger partial charge in [0.25, 0.3) is 0 Å². The molecule has 1 aromatic carbocycles. The van der Waals surface area contributed by atoms with Gasteiger partial charge in [-0.1, -0.05) is 24.3 Å². The van der Waals surface area contributed by atoms with Gasteiger partial charge in [-0.3, -0.25) is 9.80 Å². The lowest BCUT2D eigenvalue weighted by molar-refractivity contribution is 0.127. The quantitative estimate of drug-likeness (QED) is 0.777. The Morgan fingerprint density at radius 3 is 2.17 bits per heavy atom. The second kappa shape index (κ2) is 7.17. The first-order valence-electron chi connectivity index (χ1n) is 10.3. The van der Waals surface area contributed by atoms with Gasteiger partial charge in [-0.2, -0.15) is 0 Å². The molecule has 3 fully saturated rings. The maximum atomic E-state index is 2.76. The Morgan fingerprint density at radius 2 is 1.54 bits per heavy atom. The zero-order valence-corrected chi connectivity index (χ0v) is 15.6. The Balaban J connectivity index is 1.26. The van der Waals surface area contributed by atoms with Crippen LogP contribution < -0.4 is 0 Å². The first-order chi connectivity index (χ1) is 11.7. The minimum absolute atomic E-state index is 0.809. The summed E-state index contributed by atoms with van der Waals surface area (Å²) < 4.78 is 0. The molecule has 0 unspecified atom stereocenters. The van der Waals surface area contributed by atoms with E-state index in [9.17, 15) is 0 Å². The Hall–Kier alpha value is -0.860. The summed E-state index contributed by atoms with van der Waals surface area (Å²) in [5.74, 6) is 1.76. The molecule has 1 aromatic rings. The molecule has 2 aliphatic heterocycles. The van der Waals surface area contributed by atoms with Crippen LogP contribution in [0.1, 0.15) is 69.4 Å². The van der Waals surface area contributed by atoms with Crippen LogP contribution in [-0.4, -0.2) is 41.5 Å². The molecule has 2 heterocycles. The van der Waals surface area contributed by atoms with E-state index in [1.54, 1.807) is 5.56 Å². The first kappa shape index (κ1) is 16.6. The molecule has 4 rings (SSSR count). The number of benzene rings is 1. The summed E-state index contributed by atoms with van der Waals surface area (Å²) in [6.45, 7) is 9.90. The Bertz CT molecular complexity index is 515. The number of rotatable bonds is 5. The number of hydrogen-bond acceptors (Lipinski definition) is 2. The first-order valence-corrected chi connectivity index (χ1v) is 10.3. The molecule has 1 saturated carbocycles. The van der Waals surface area contributed by atoms with Crippen molar-refractivity contribution in [3.05, 3.63) is 35.4 Å². The van der Waals surface area contributed by atoms with E-state index in [1.165, 1.54) is 63.7 Å². The van der Waals surface area contributed by atoms with Gasteiger partial charge in [0.15, 0.2) is 0 Å². The van der Waals surface area contributed by atoms with E-state index in [4.69, 9.17) is 0 Å². The second-order valence-corrected chi connectivity index (χ2v) is 8.73. The van der Waals surface area contributed by atoms with Crippen LogP contribution in [-0.2, 0) is 6.54 Å². The van der Waals surface area contributed by atoms with Crippen LogP contribution in [0, 0.1) is 5.92 Å². The summed E-state index contributed by atoms with van der Waals surface area (Å²) in [5.41, 5.74) is 3.08. The maximum absolute atomic E-state index is 2.76. The van der Waals surface area contributed by atoms with Crippen molar-refractivity contribution in [3.63, 3.8) is 0 Å². The molecule has 0 radical (unpaired) electrons. The predicted molar refractivity (Wildman–Crippen MR) is 101 cm³/mol. The van der Waals surface area contributed by atoms with Crippen LogP contribution in [0.25, 0.3) is 0 Å². The van der Waals surface area contributed by atoms with Crippen LogP contribution in [0.15, 0.2) is 24.3 Å². The van der Waals surface area contributed by atoms with E-state index in [2.05, 4.69) is 47.9 Å². The third kappa shape index (κ3) is 3.55. The van der Waals surface area contributed by atoms with Crippen LogP contribution >= 0.6 is 0 Å². The van der Waals surface area contributed by atoms with E-state index in [0.29, 0.717) is 0 Å². The molecule has 0 spiro atoms. The molecule has 0 aromatic heterocycles. The average Bonchev–Trinajstić information content (AvgIpc) is 3.15. The Morgan fingerprint density at radius 1 is 0.917 bits per heavy atom. The van der Waals surface area contributed by atoms with Gasteiger partial charge in [-0.05, 0) is 88.4 Å². The highest BCUT2D eigenvalue weighted by molar-refractivity contribution is 5.27.